The highest BCUT2D eigenvalue weighted by Gasteiger charge is 2.17. The lowest BCUT2D eigenvalue weighted by Crippen LogP contribution is -2.46. The van der Waals surface area contributed by atoms with Crippen molar-refractivity contribution < 1.29 is 4.79 Å². The first-order chi connectivity index (χ1) is 8.03. The second-order valence-corrected chi connectivity index (χ2v) is 5.90. The second kappa shape index (κ2) is 7.00. The van der Waals surface area contributed by atoms with Gasteiger partial charge in [-0.05, 0) is 39.2 Å². The van der Waals surface area contributed by atoms with Crippen LogP contribution < -0.4 is 10.6 Å². The molecule has 0 aromatic rings. The van der Waals surface area contributed by atoms with E-state index in [4.69, 9.17) is 0 Å². The molecule has 1 amide bonds. The molecular formula is C14H28N2O. The molecule has 1 aliphatic carbocycles. The van der Waals surface area contributed by atoms with Gasteiger partial charge in [0.25, 0.3) is 0 Å². The summed E-state index contributed by atoms with van der Waals surface area (Å²) in [4.78, 5) is 11.6. The molecule has 0 spiro atoms. The van der Waals surface area contributed by atoms with Gasteiger partial charge in [-0.1, -0.05) is 32.6 Å². The Kier molecular flexibility index (Phi) is 5.96. The van der Waals surface area contributed by atoms with E-state index in [9.17, 15) is 4.79 Å². The number of rotatable bonds is 7. The highest BCUT2D eigenvalue weighted by Crippen LogP contribution is 2.26. The van der Waals surface area contributed by atoms with Crippen LogP contribution in [0.2, 0.25) is 0 Å². The van der Waals surface area contributed by atoms with Crippen LogP contribution in [0.15, 0.2) is 0 Å². The van der Waals surface area contributed by atoms with Crippen LogP contribution >= 0.6 is 0 Å². The standard InChI is InChI=1S/C14H28N2O/c1-4-14(2,3)16-13(17)11-15-10-9-12-7-5-6-8-12/h12,15H,4-11H2,1-3H3,(H,16,17). The quantitative estimate of drug-likeness (QED) is 0.671. The minimum Gasteiger partial charge on any atom is -0.350 e. The molecule has 2 N–H and O–H groups in total. The molecule has 0 heterocycles. The van der Waals surface area contributed by atoms with Crippen LogP contribution in [0.5, 0.6) is 0 Å². The van der Waals surface area contributed by atoms with E-state index in [2.05, 4.69) is 31.4 Å². The van der Waals surface area contributed by atoms with Gasteiger partial charge >= 0.3 is 0 Å². The maximum Gasteiger partial charge on any atom is 0.234 e. The Hall–Kier alpha value is -0.570. The lowest BCUT2D eigenvalue weighted by molar-refractivity contribution is -0.121. The van der Waals surface area contributed by atoms with Gasteiger partial charge in [0.15, 0.2) is 0 Å². The van der Waals surface area contributed by atoms with Crippen molar-refractivity contribution in [2.75, 3.05) is 13.1 Å². The van der Waals surface area contributed by atoms with Crippen LogP contribution in [0.3, 0.4) is 0 Å². The summed E-state index contributed by atoms with van der Waals surface area (Å²) in [6.07, 6.45) is 7.75. The zero-order valence-corrected chi connectivity index (χ0v) is 11.6. The van der Waals surface area contributed by atoms with Gasteiger partial charge in [-0.15, -0.1) is 0 Å². The Bertz CT molecular complexity index is 232. The minimum absolute atomic E-state index is 0.0792. The molecule has 0 saturated heterocycles. The maximum atomic E-state index is 11.6. The molecule has 0 radical (unpaired) electrons. The van der Waals surface area contributed by atoms with E-state index in [1.54, 1.807) is 0 Å². The molecule has 0 atom stereocenters. The summed E-state index contributed by atoms with van der Waals surface area (Å²) >= 11 is 0. The van der Waals surface area contributed by atoms with E-state index in [-0.39, 0.29) is 11.4 Å². The molecule has 0 aromatic heterocycles. The van der Waals surface area contributed by atoms with E-state index < -0.39 is 0 Å². The van der Waals surface area contributed by atoms with Gasteiger partial charge in [0.2, 0.25) is 5.91 Å². The topological polar surface area (TPSA) is 41.1 Å². The Balaban J connectivity index is 2.03. The van der Waals surface area contributed by atoms with Crippen molar-refractivity contribution in [3.05, 3.63) is 0 Å². The van der Waals surface area contributed by atoms with Crippen LogP contribution in [-0.2, 0) is 4.79 Å². The third kappa shape index (κ3) is 6.06. The molecule has 0 aromatic carbocycles. The summed E-state index contributed by atoms with van der Waals surface area (Å²) in [5.74, 6) is 1.01. The predicted octanol–water partition coefficient (Wildman–Crippen LogP) is 2.46. The second-order valence-electron chi connectivity index (χ2n) is 5.90. The average Bonchev–Trinajstić information content (AvgIpc) is 2.77. The molecule has 0 aliphatic heterocycles. The van der Waals surface area contributed by atoms with Crippen LogP contribution in [0, 0.1) is 5.92 Å². The molecule has 100 valence electrons. The van der Waals surface area contributed by atoms with Gasteiger partial charge < -0.3 is 10.6 Å². The zero-order chi connectivity index (χ0) is 12.7. The van der Waals surface area contributed by atoms with Crippen molar-refractivity contribution in [3.63, 3.8) is 0 Å². The maximum absolute atomic E-state index is 11.6. The molecule has 1 saturated carbocycles. The van der Waals surface area contributed by atoms with E-state index >= 15 is 0 Å². The van der Waals surface area contributed by atoms with Crippen LogP contribution in [-0.4, -0.2) is 24.5 Å². The van der Waals surface area contributed by atoms with Gasteiger partial charge in [0.1, 0.15) is 0 Å². The minimum atomic E-state index is -0.0792. The first-order valence-corrected chi connectivity index (χ1v) is 7.05. The lowest BCUT2D eigenvalue weighted by atomic mass is 10.0. The van der Waals surface area contributed by atoms with Gasteiger partial charge in [-0.2, -0.15) is 0 Å². The number of hydrogen-bond donors (Lipinski definition) is 2. The summed E-state index contributed by atoms with van der Waals surface area (Å²) in [5.41, 5.74) is -0.0792. The van der Waals surface area contributed by atoms with Crippen LogP contribution in [0.1, 0.15) is 59.3 Å². The molecule has 0 bridgehead atoms. The van der Waals surface area contributed by atoms with Gasteiger partial charge in [-0.25, -0.2) is 0 Å². The normalized spacial score (nSPS) is 17.4. The van der Waals surface area contributed by atoms with Gasteiger partial charge in [0, 0.05) is 5.54 Å². The number of hydrogen-bond acceptors (Lipinski definition) is 2. The van der Waals surface area contributed by atoms with E-state index in [1.807, 2.05) is 0 Å². The zero-order valence-electron chi connectivity index (χ0n) is 11.6. The first kappa shape index (κ1) is 14.5. The van der Waals surface area contributed by atoms with Gasteiger partial charge in [-0.3, -0.25) is 4.79 Å². The molecule has 1 fully saturated rings. The Morgan fingerprint density at radius 2 is 1.94 bits per heavy atom. The monoisotopic (exact) mass is 240 g/mol. The fourth-order valence-electron chi connectivity index (χ4n) is 2.32. The SMILES string of the molecule is CCC(C)(C)NC(=O)CNCCC1CCCC1. The highest BCUT2D eigenvalue weighted by molar-refractivity contribution is 5.78. The van der Waals surface area contributed by atoms with E-state index in [0.717, 1.165) is 18.9 Å². The third-order valence-electron chi connectivity index (χ3n) is 3.85. The number of carbonyl (C=O) groups excluding carboxylic acids is 1. The molecule has 3 heteroatoms. The molecule has 3 nitrogen and oxygen atoms in total. The molecule has 0 unspecified atom stereocenters. The molecule has 17 heavy (non-hydrogen) atoms. The number of nitrogens with one attached hydrogen (secondary N) is 2. The lowest BCUT2D eigenvalue weighted by Gasteiger charge is -2.24. The van der Waals surface area contributed by atoms with Crippen molar-refractivity contribution in [1.29, 1.82) is 0 Å². The van der Waals surface area contributed by atoms with Gasteiger partial charge in [0.05, 0.1) is 6.54 Å². The molecule has 1 rings (SSSR count). The molecule has 1 aliphatic rings. The summed E-state index contributed by atoms with van der Waals surface area (Å²) < 4.78 is 0. The van der Waals surface area contributed by atoms with Crippen molar-refractivity contribution in [3.8, 4) is 0 Å². The van der Waals surface area contributed by atoms with Crippen molar-refractivity contribution in [1.82, 2.24) is 10.6 Å². The fourth-order valence-corrected chi connectivity index (χ4v) is 2.32. The van der Waals surface area contributed by atoms with E-state index in [1.165, 1.54) is 32.1 Å². The van der Waals surface area contributed by atoms with Crippen molar-refractivity contribution in [2.24, 2.45) is 5.92 Å². The number of amides is 1. The highest BCUT2D eigenvalue weighted by atomic mass is 16.2. The molecular weight excluding hydrogens is 212 g/mol. The van der Waals surface area contributed by atoms with Crippen LogP contribution in [0.25, 0.3) is 0 Å². The largest absolute Gasteiger partial charge is 0.350 e. The third-order valence-corrected chi connectivity index (χ3v) is 3.85. The van der Waals surface area contributed by atoms with Crippen LogP contribution in [0.4, 0.5) is 0 Å². The average molecular weight is 240 g/mol. The van der Waals surface area contributed by atoms with E-state index in [0.29, 0.717) is 6.54 Å². The Morgan fingerprint density at radius 1 is 1.29 bits per heavy atom. The van der Waals surface area contributed by atoms with Crippen molar-refractivity contribution in [2.45, 2.75) is 64.8 Å². The summed E-state index contributed by atoms with van der Waals surface area (Å²) in [5, 5.41) is 6.28. The first-order valence-electron chi connectivity index (χ1n) is 7.05. The summed E-state index contributed by atoms with van der Waals surface area (Å²) in [7, 11) is 0. The predicted molar refractivity (Wildman–Crippen MR) is 72.0 cm³/mol. The smallest absolute Gasteiger partial charge is 0.234 e. The number of carbonyl (C=O) groups is 1. The summed E-state index contributed by atoms with van der Waals surface area (Å²) in [6, 6.07) is 0. The summed E-state index contributed by atoms with van der Waals surface area (Å²) in [6.45, 7) is 7.64. The Morgan fingerprint density at radius 3 is 2.53 bits per heavy atom. The Labute approximate surface area is 106 Å². The van der Waals surface area contributed by atoms with Crippen molar-refractivity contribution >= 4 is 5.91 Å². The fraction of sp³-hybridized carbons (Fsp3) is 0.929.